The highest BCUT2D eigenvalue weighted by molar-refractivity contribution is 7.42. The molecule has 4 aromatic rings. The van der Waals surface area contributed by atoms with Crippen LogP contribution in [0, 0.1) is 16.0 Å². The number of nitro groups is 1. The van der Waals surface area contributed by atoms with Gasteiger partial charge in [-0.3, -0.25) is 10.1 Å². The third kappa shape index (κ3) is 5.81. The van der Waals surface area contributed by atoms with Crippen molar-refractivity contribution < 1.29 is 23.4 Å². The SMILES string of the molecule is COc1cc(CC2CN(CCF)C2)ccc1Nc1nc(Oc2cccc([N+](=O)[O-])c2)c2ccn([P+](C)=O)c2n1. The van der Waals surface area contributed by atoms with Crippen LogP contribution in [-0.2, 0) is 11.0 Å². The maximum atomic E-state index is 12.5. The molecule has 5 rings (SSSR count). The second kappa shape index (κ2) is 11.3. The average Bonchev–Trinajstić information content (AvgIpc) is 3.33. The number of hydrogen-bond acceptors (Lipinski definition) is 9. The lowest BCUT2D eigenvalue weighted by molar-refractivity contribution is -0.384. The van der Waals surface area contributed by atoms with E-state index in [4.69, 9.17) is 9.47 Å². The fraction of sp³-hybridized carbons (Fsp3) is 0.308. The number of rotatable bonds is 11. The Hall–Kier alpha value is -4.15. The van der Waals surface area contributed by atoms with E-state index in [-0.39, 0.29) is 29.9 Å². The lowest BCUT2D eigenvalue weighted by Crippen LogP contribution is -2.48. The highest BCUT2D eigenvalue weighted by Gasteiger charge is 2.26. The minimum absolute atomic E-state index is 0.118. The first-order valence-electron chi connectivity index (χ1n) is 12.3. The van der Waals surface area contributed by atoms with Gasteiger partial charge in [0.15, 0.2) is 12.3 Å². The number of nitrogens with one attached hydrogen (secondary N) is 1. The van der Waals surface area contributed by atoms with Crippen LogP contribution < -0.4 is 14.8 Å². The zero-order valence-electron chi connectivity index (χ0n) is 21.4. The van der Waals surface area contributed by atoms with Crippen molar-refractivity contribution in [2.45, 2.75) is 6.42 Å². The smallest absolute Gasteiger partial charge is 0.464 e. The molecule has 1 N–H and O–H groups in total. The normalized spacial score (nSPS) is 14.2. The van der Waals surface area contributed by atoms with Gasteiger partial charge in [-0.05, 0) is 46.7 Å². The van der Waals surface area contributed by atoms with Crippen molar-refractivity contribution >= 4 is 36.3 Å². The zero-order valence-corrected chi connectivity index (χ0v) is 22.3. The van der Waals surface area contributed by atoms with Gasteiger partial charge in [0.05, 0.1) is 35.4 Å². The number of anilines is 2. The predicted molar refractivity (Wildman–Crippen MR) is 146 cm³/mol. The van der Waals surface area contributed by atoms with E-state index in [1.165, 1.54) is 22.5 Å². The van der Waals surface area contributed by atoms with Crippen LogP contribution in [0.5, 0.6) is 17.4 Å². The first kappa shape index (κ1) is 26.5. The highest BCUT2D eigenvalue weighted by atomic mass is 31.1. The van der Waals surface area contributed by atoms with Crippen molar-refractivity contribution in [3.05, 3.63) is 70.4 Å². The van der Waals surface area contributed by atoms with Gasteiger partial charge < -0.3 is 19.7 Å². The van der Waals surface area contributed by atoms with E-state index in [1.54, 1.807) is 32.1 Å². The summed E-state index contributed by atoms with van der Waals surface area (Å²) in [5, 5.41) is 14.9. The number of nitrogens with zero attached hydrogens (tertiary/aromatic N) is 5. The minimum Gasteiger partial charge on any atom is -0.495 e. The van der Waals surface area contributed by atoms with Gasteiger partial charge in [-0.15, -0.1) is 4.34 Å². The first-order chi connectivity index (χ1) is 18.8. The highest BCUT2D eigenvalue weighted by Crippen LogP contribution is 2.36. The Bertz CT molecular complexity index is 1540. The molecule has 1 saturated heterocycles. The van der Waals surface area contributed by atoms with Gasteiger partial charge in [0.2, 0.25) is 11.8 Å². The Labute approximate surface area is 224 Å². The first-order valence-corrected chi connectivity index (χ1v) is 14.0. The Kier molecular flexibility index (Phi) is 7.67. The molecule has 0 spiro atoms. The monoisotopic (exact) mass is 553 g/mol. The number of alkyl halides is 1. The van der Waals surface area contributed by atoms with Crippen molar-refractivity contribution in [2.75, 3.05) is 45.4 Å². The van der Waals surface area contributed by atoms with E-state index in [0.717, 1.165) is 25.1 Å². The predicted octanol–water partition coefficient (Wildman–Crippen LogP) is 5.55. The largest absolute Gasteiger partial charge is 0.495 e. The number of non-ortho nitro benzene ring substituents is 1. The zero-order chi connectivity index (χ0) is 27.5. The van der Waals surface area contributed by atoms with Gasteiger partial charge in [-0.2, -0.15) is 9.97 Å². The van der Waals surface area contributed by atoms with Crippen LogP contribution in [0.25, 0.3) is 11.0 Å². The molecule has 1 unspecified atom stereocenters. The van der Waals surface area contributed by atoms with Crippen LogP contribution in [-0.4, -0.2) is 64.2 Å². The molecule has 0 radical (unpaired) electrons. The quantitative estimate of drug-likeness (QED) is 0.145. The molecule has 0 aliphatic carbocycles. The summed E-state index contributed by atoms with van der Waals surface area (Å²) in [4.78, 5) is 21.9. The van der Waals surface area contributed by atoms with Crippen LogP contribution in [0.2, 0.25) is 0 Å². The summed E-state index contributed by atoms with van der Waals surface area (Å²) >= 11 is 0. The second-order valence-corrected chi connectivity index (χ2v) is 10.6. The number of methoxy groups -OCH3 is 1. The van der Waals surface area contributed by atoms with Crippen LogP contribution in [0.3, 0.4) is 0 Å². The van der Waals surface area contributed by atoms with Crippen molar-refractivity contribution in [2.24, 2.45) is 5.92 Å². The molecule has 3 heterocycles. The third-order valence-corrected chi connectivity index (χ3v) is 7.44. The average molecular weight is 554 g/mol. The summed E-state index contributed by atoms with van der Waals surface area (Å²) in [5.41, 5.74) is 1.99. The molecule has 0 bridgehead atoms. The van der Waals surface area contributed by atoms with Crippen LogP contribution in [0.4, 0.5) is 21.7 Å². The van der Waals surface area contributed by atoms with Crippen molar-refractivity contribution in [1.82, 2.24) is 19.2 Å². The number of nitro benzene ring substituents is 1. The molecule has 1 atom stereocenters. The van der Waals surface area contributed by atoms with E-state index >= 15 is 0 Å². The van der Waals surface area contributed by atoms with Crippen molar-refractivity contribution in [3.63, 3.8) is 0 Å². The Balaban J connectivity index is 1.43. The molecule has 1 aliphatic heterocycles. The van der Waals surface area contributed by atoms with Gasteiger partial charge in [-0.25, -0.2) is 4.39 Å². The molecular weight excluding hydrogens is 526 g/mol. The molecule has 1 fully saturated rings. The number of likely N-dealkylation sites (tertiary alicyclic amines) is 1. The molecular formula is C26H27FN6O5P+. The molecule has 39 heavy (non-hydrogen) atoms. The standard InChI is InChI=1S/C26H27FN6O5P/c1-37-23-13-17(12-18-15-31(16-18)11-9-27)6-7-22(23)28-26-29-24-21(8-10-32(24)39(2)36)25(30-26)38-20-5-3-4-19(14-20)33(34)35/h3-8,10,13-14,18H,9,11-12,15-16H2,1-2H3,(H,28,29,30)/q+1. The second-order valence-electron chi connectivity index (χ2n) is 9.25. The lowest BCUT2D eigenvalue weighted by atomic mass is 9.92. The third-order valence-electron chi connectivity index (χ3n) is 6.51. The van der Waals surface area contributed by atoms with Gasteiger partial charge in [0.25, 0.3) is 5.69 Å². The number of halogens is 1. The van der Waals surface area contributed by atoms with E-state index in [0.29, 0.717) is 34.9 Å². The number of benzene rings is 2. The van der Waals surface area contributed by atoms with Crippen LogP contribution >= 0.6 is 7.95 Å². The minimum atomic E-state index is -1.78. The fourth-order valence-electron chi connectivity index (χ4n) is 4.63. The molecule has 1 aliphatic rings. The van der Waals surface area contributed by atoms with E-state index < -0.39 is 12.9 Å². The van der Waals surface area contributed by atoms with Gasteiger partial charge in [0, 0.05) is 25.7 Å². The number of aromatic nitrogens is 3. The maximum absolute atomic E-state index is 12.5. The summed E-state index contributed by atoms with van der Waals surface area (Å²) in [6, 6.07) is 13.3. The van der Waals surface area contributed by atoms with E-state index in [2.05, 4.69) is 20.2 Å². The molecule has 202 valence electrons. The van der Waals surface area contributed by atoms with Crippen LogP contribution in [0.15, 0.2) is 54.7 Å². The lowest BCUT2D eigenvalue weighted by Gasteiger charge is -2.38. The van der Waals surface area contributed by atoms with Crippen molar-refractivity contribution in [3.8, 4) is 17.4 Å². The van der Waals surface area contributed by atoms with Gasteiger partial charge >= 0.3 is 7.95 Å². The Morgan fingerprint density at radius 2 is 2.03 bits per heavy atom. The molecule has 0 saturated carbocycles. The molecule has 13 heteroatoms. The van der Waals surface area contributed by atoms with E-state index in [1.807, 2.05) is 18.2 Å². The number of hydrogen-bond donors (Lipinski definition) is 1. The topological polar surface area (TPSA) is 125 Å². The summed E-state index contributed by atoms with van der Waals surface area (Å²) in [7, 11) is -0.211. The Morgan fingerprint density at radius 1 is 1.21 bits per heavy atom. The Morgan fingerprint density at radius 3 is 2.74 bits per heavy atom. The summed E-state index contributed by atoms with van der Waals surface area (Å²) in [5.74, 6) is 1.62. The molecule has 11 nitrogen and oxygen atoms in total. The summed E-state index contributed by atoms with van der Waals surface area (Å²) in [6.07, 6.45) is 2.49. The number of fused-ring (bicyclic) bond motifs is 1. The maximum Gasteiger partial charge on any atom is 0.464 e. The van der Waals surface area contributed by atoms with E-state index in [9.17, 15) is 19.1 Å². The molecule has 0 amide bonds. The van der Waals surface area contributed by atoms with Crippen molar-refractivity contribution in [1.29, 1.82) is 0 Å². The number of ether oxygens (including phenoxy) is 2. The van der Waals surface area contributed by atoms with Gasteiger partial charge in [0.1, 0.15) is 18.2 Å². The summed E-state index contributed by atoms with van der Waals surface area (Å²) < 4.78 is 38.0. The molecule has 2 aromatic heterocycles. The fourth-order valence-corrected chi connectivity index (χ4v) is 5.31. The summed E-state index contributed by atoms with van der Waals surface area (Å²) in [6.45, 7) is 3.48. The molecule has 2 aromatic carbocycles. The van der Waals surface area contributed by atoms with Crippen LogP contribution in [0.1, 0.15) is 5.56 Å². The van der Waals surface area contributed by atoms with Gasteiger partial charge in [-0.1, -0.05) is 12.1 Å².